The molecule has 0 radical (unpaired) electrons. The van der Waals surface area contributed by atoms with Crippen molar-refractivity contribution < 1.29 is 0 Å². The molecule has 1 heterocycles. The Balaban J connectivity index is 1.87. The summed E-state index contributed by atoms with van der Waals surface area (Å²) in [6.07, 6.45) is 26.8. The first kappa shape index (κ1) is 17.7. The van der Waals surface area contributed by atoms with Crippen LogP contribution in [0.5, 0.6) is 0 Å². The molecule has 2 nitrogen and oxygen atoms in total. The number of allylic oxidation sites excluding steroid dienone is 4. The third-order valence-corrected chi connectivity index (χ3v) is 4.97. The Kier molecular flexibility index (Phi) is 9.60. The molecular formula is C20H36N2. The number of nitrogens with zero attached hydrogens (tertiary/aromatic N) is 1. The van der Waals surface area contributed by atoms with E-state index in [9.17, 15) is 0 Å². The maximum atomic E-state index is 3.77. The summed E-state index contributed by atoms with van der Waals surface area (Å²) < 4.78 is 0. The first-order valence-electron chi connectivity index (χ1n) is 9.77. The summed E-state index contributed by atoms with van der Waals surface area (Å²) in [7, 11) is 0. The summed E-state index contributed by atoms with van der Waals surface area (Å²) in [5.41, 5.74) is 3.77. The zero-order valence-corrected chi connectivity index (χ0v) is 14.4. The van der Waals surface area contributed by atoms with Gasteiger partial charge in [-0.2, -0.15) is 0 Å². The van der Waals surface area contributed by atoms with Gasteiger partial charge in [-0.1, -0.05) is 37.1 Å². The van der Waals surface area contributed by atoms with E-state index in [4.69, 9.17) is 0 Å². The molecule has 0 saturated carbocycles. The first-order valence-corrected chi connectivity index (χ1v) is 9.77. The van der Waals surface area contributed by atoms with Crippen molar-refractivity contribution in [2.75, 3.05) is 13.1 Å². The maximum absolute atomic E-state index is 3.77. The third kappa shape index (κ3) is 7.60. The molecule has 2 aliphatic rings. The topological polar surface area (TPSA) is 15.3 Å². The van der Waals surface area contributed by atoms with E-state index < -0.39 is 0 Å². The lowest BCUT2D eigenvalue weighted by Crippen LogP contribution is -2.46. The van der Waals surface area contributed by atoms with E-state index in [0.29, 0.717) is 0 Å². The van der Waals surface area contributed by atoms with Gasteiger partial charge in [0.2, 0.25) is 0 Å². The van der Waals surface area contributed by atoms with E-state index in [1.807, 2.05) is 0 Å². The predicted octanol–water partition coefficient (Wildman–Crippen LogP) is 5.37. The van der Waals surface area contributed by atoms with Gasteiger partial charge in [-0.05, 0) is 70.6 Å². The van der Waals surface area contributed by atoms with Crippen molar-refractivity contribution in [3.8, 4) is 0 Å². The molecule has 1 N–H and O–H groups in total. The van der Waals surface area contributed by atoms with Gasteiger partial charge in [0.15, 0.2) is 0 Å². The number of hydrazine groups is 1. The van der Waals surface area contributed by atoms with Gasteiger partial charge in [0.05, 0.1) is 0 Å². The summed E-state index contributed by atoms with van der Waals surface area (Å²) in [5.74, 6) is 0. The second-order valence-electron chi connectivity index (χ2n) is 6.91. The van der Waals surface area contributed by atoms with Crippen LogP contribution in [0, 0.1) is 0 Å². The summed E-state index contributed by atoms with van der Waals surface area (Å²) in [5, 5.41) is 2.61. The van der Waals surface area contributed by atoms with Crippen LogP contribution in [0.15, 0.2) is 24.3 Å². The van der Waals surface area contributed by atoms with Crippen LogP contribution in [-0.2, 0) is 0 Å². The fourth-order valence-electron chi connectivity index (χ4n) is 3.60. The van der Waals surface area contributed by atoms with Crippen LogP contribution >= 0.6 is 0 Å². The first-order chi connectivity index (χ1) is 11.0. The van der Waals surface area contributed by atoms with Gasteiger partial charge in [0.1, 0.15) is 0 Å². The Morgan fingerprint density at radius 3 is 2.09 bits per heavy atom. The third-order valence-electron chi connectivity index (χ3n) is 4.97. The highest BCUT2D eigenvalue weighted by Crippen LogP contribution is 2.18. The zero-order chi connectivity index (χ0) is 15.3. The highest BCUT2D eigenvalue weighted by molar-refractivity contribution is 4.85. The summed E-state index contributed by atoms with van der Waals surface area (Å²) in [6, 6.07) is 0.747. The summed E-state index contributed by atoms with van der Waals surface area (Å²) >= 11 is 0. The SMILES string of the molecule is C1=CCCCC(N2CCC/C=C/CCCCN2)CCCCC1. The molecule has 0 bridgehead atoms. The molecular weight excluding hydrogens is 268 g/mol. The molecule has 2 rings (SSSR count). The number of hydrogen-bond donors (Lipinski definition) is 1. The molecule has 2 heteroatoms. The second kappa shape index (κ2) is 11.9. The second-order valence-corrected chi connectivity index (χ2v) is 6.91. The standard InChI is InChI=1S/C20H36N2/c1-2-5-9-13-17-20(16-12-8-4-1)22-19-15-11-7-3-6-10-14-18-21-22/h1,3-4,7,20-21H,2,5-6,8-19H2/b4-1?,7-3+. The molecule has 0 aromatic carbocycles. The van der Waals surface area contributed by atoms with Gasteiger partial charge in [-0.15, -0.1) is 0 Å². The van der Waals surface area contributed by atoms with Crippen molar-refractivity contribution in [1.29, 1.82) is 0 Å². The van der Waals surface area contributed by atoms with Crippen LogP contribution < -0.4 is 5.43 Å². The van der Waals surface area contributed by atoms with E-state index in [-0.39, 0.29) is 0 Å². The summed E-state index contributed by atoms with van der Waals surface area (Å²) in [6.45, 7) is 2.37. The van der Waals surface area contributed by atoms with Crippen molar-refractivity contribution in [3.05, 3.63) is 24.3 Å². The summed E-state index contributed by atoms with van der Waals surface area (Å²) in [4.78, 5) is 0. The van der Waals surface area contributed by atoms with Crippen LogP contribution in [0.3, 0.4) is 0 Å². The van der Waals surface area contributed by atoms with E-state index in [2.05, 4.69) is 34.7 Å². The lowest BCUT2D eigenvalue weighted by atomic mass is 10.0. The highest BCUT2D eigenvalue weighted by Gasteiger charge is 2.17. The van der Waals surface area contributed by atoms with E-state index >= 15 is 0 Å². The predicted molar refractivity (Wildman–Crippen MR) is 96.8 cm³/mol. The Morgan fingerprint density at radius 2 is 1.27 bits per heavy atom. The molecule has 0 aromatic rings. The fourth-order valence-corrected chi connectivity index (χ4v) is 3.60. The average molecular weight is 305 g/mol. The van der Waals surface area contributed by atoms with Crippen LogP contribution in [-0.4, -0.2) is 24.1 Å². The monoisotopic (exact) mass is 304 g/mol. The van der Waals surface area contributed by atoms with Crippen molar-refractivity contribution in [3.63, 3.8) is 0 Å². The smallest absolute Gasteiger partial charge is 0.0243 e. The molecule has 22 heavy (non-hydrogen) atoms. The van der Waals surface area contributed by atoms with E-state index in [0.717, 1.165) is 12.6 Å². The molecule has 0 fully saturated rings. The van der Waals surface area contributed by atoms with Gasteiger partial charge in [0, 0.05) is 19.1 Å². The molecule has 0 aromatic heterocycles. The van der Waals surface area contributed by atoms with Gasteiger partial charge in [-0.25, -0.2) is 5.01 Å². The van der Waals surface area contributed by atoms with Gasteiger partial charge >= 0.3 is 0 Å². The van der Waals surface area contributed by atoms with Gasteiger partial charge in [0.25, 0.3) is 0 Å². The van der Waals surface area contributed by atoms with Crippen molar-refractivity contribution >= 4 is 0 Å². The van der Waals surface area contributed by atoms with Gasteiger partial charge < -0.3 is 0 Å². The molecule has 1 aliphatic heterocycles. The minimum Gasteiger partial charge on any atom is -0.255 e. The zero-order valence-electron chi connectivity index (χ0n) is 14.4. The van der Waals surface area contributed by atoms with Gasteiger partial charge in [-0.3, -0.25) is 5.43 Å². The molecule has 0 saturated heterocycles. The minimum atomic E-state index is 0.747. The Morgan fingerprint density at radius 1 is 0.636 bits per heavy atom. The minimum absolute atomic E-state index is 0.747. The van der Waals surface area contributed by atoms with Crippen LogP contribution in [0.2, 0.25) is 0 Å². The molecule has 0 spiro atoms. The molecule has 126 valence electrons. The van der Waals surface area contributed by atoms with Crippen LogP contribution in [0.25, 0.3) is 0 Å². The largest absolute Gasteiger partial charge is 0.255 e. The lowest BCUT2D eigenvalue weighted by Gasteiger charge is -2.32. The number of nitrogens with one attached hydrogen (secondary N) is 1. The van der Waals surface area contributed by atoms with Crippen molar-refractivity contribution in [2.24, 2.45) is 0 Å². The quantitative estimate of drug-likeness (QED) is 0.655. The molecule has 1 atom stereocenters. The molecule has 0 amide bonds. The fraction of sp³-hybridized carbons (Fsp3) is 0.800. The lowest BCUT2D eigenvalue weighted by molar-refractivity contribution is 0.104. The molecule has 1 unspecified atom stereocenters. The maximum Gasteiger partial charge on any atom is 0.0243 e. The Labute approximate surface area is 138 Å². The average Bonchev–Trinajstić information content (AvgIpc) is 2.64. The van der Waals surface area contributed by atoms with E-state index in [1.165, 1.54) is 90.0 Å². The Hall–Kier alpha value is -0.600. The highest BCUT2D eigenvalue weighted by atomic mass is 15.5. The molecule has 1 aliphatic carbocycles. The van der Waals surface area contributed by atoms with Crippen LogP contribution in [0.1, 0.15) is 83.5 Å². The van der Waals surface area contributed by atoms with Crippen molar-refractivity contribution in [2.45, 2.75) is 89.5 Å². The normalized spacial score (nSPS) is 29.2. The van der Waals surface area contributed by atoms with E-state index in [1.54, 1.807) is 0 Å². The number of rotatable bonds is 1. The number of hydrogen-bond acceptors (Lipinski definition) is 2. The van der Waals surface area contributed by atoms with Crippen LogP contribution in [0.4, 0.5) is 0 Å². The Bertz CT molecular complexity index is 290. The van der Waals surface area contributed by atoms with Crippen molar-refractivity contribution in [1.82, 2.24) is 10.4 Å².